The van der Waals surface area contributed by atoms with E-state index in [2.05, 4.69) is 53.6 Å². The standard InChI is InChI=1S/C24H29N3O2S/c1-17-5-3-6-18(15-17)24-21-8-4-7-20(21)22-16-19(9-10-23(22)25-24)30(28,29)27-13-11-26(2)12-14-27/h3-7,9-10,15-16,20-21,24-25H,8,11-14H2,1-2H3. The number of nitrogens with one attached hydrogen (secondary N) is 1. The number of piperazine rings is 1. The molecule has 2 aromatic rings. The number of anilines is 1. The number of fused-ring (bicyclic) bond motifs is 3. The van der Waals surface area contributed by atoms with Gasteiger partial charge in [0.05, 0.1) is 10.9 Å². The lowest BCUT2D eigenvalue weighted by Crippen LogP contribution is -2.47. The van der Waals surface area contributed by atoms with Crippen molar-refractivity contribution in [3.05, 3.63) is 71.3 Å². The van der Waals surface area contributed by atoms with Crippen molar-refractivity contribution in [2.24, 2.45) is 5.92 Å². The second-order valence-electron chi connectivity index (χ2n) is 8.85. The van der Waals surface area contributed by atoms with Crippen LogP contribution in [0.15, 0.2) is 59.5 Å². The van der Waals surface area contributed by atoms with Crippen LogP contribution in [0.4, 0.5) is 5.69 Å². The van der Waals surface area contributed by atoms with Crippen LogP contribution in [0.5, 0.6) is 0 Å². The molecule has 2 aromatic carbocycles. The van der Waals surface area contributed by atoms with Crippen LogP contribution in [0.25, 0.3) is 0 Å². The number of benzene rings is 2. The summed E-state index contributed by atoms with van der Waals surface area (Å²) >= 11 is 0. The van der Waals surface area contributed by atoms with Crippen molar-refractivity contribution < 1.29 is 8.42 Å². The molecule has 0 spiro atoms. The van der Waals surface area contributed by atoms with E-state index in [1.807, 2.05) is 19.2 Å². The molecule has 158 valence electrons. The van der Waals surface area contributed by atoms with Crippen molar-refractivity contribution in [2.75, 3.05) is 38.5 Å². The lowest BCUT2D eigenvalue weighted by Gasteiger charge is -2.38. The minimum atomic E-state index is -3.46. The Morgan fingerprint density at radius 3 is 2.60 bits per heavy atom. The van der Waals surface area contributed by atoms with E-state index >= 15 is 0 Å². The number of sulfonamides is 1. The topological polar surface area (TPSA) is 52.7 Å². The molecule has 1 N–H and O–H groups in total. The predicted molar refractivity (Wildman–Crippen MR) is 120 cm³/mol. The highest BCUT2D eigenvalue weighted by Gasteiger charge is 2.39. The summed E-state index contributed by atoms with van der Waals surface area (Å²) in [7, 11) is -1.43. The third-order valence-corrected chi connectivity index (χ3v) is 8.73. The number of likely N-dealkylation sites (N-methyl/N-ethyl adjacent to an activating group) is 1. The zero-order valence-corrected chi connectivity index (χ0v) is 18.4. The molecule has 3 atom stereocenters. The number of hydrogen-bond acceptors (Lipinski definition) is 4. The van der Waals surface area contributed by atoms with Crippen LogP contribution >= 0.6 is 0 Å². The quantitative estimate of drug-likeness (QED) is 0.764. The molecule has 2 aliphatic heterocycles. The van der Waals surface area contributed by atoms with Gasteiger partial charge in [0.25, 0.3) is 0 Å². The van der Waals surface area contributed by atoms with Gasteiger partial charge in [-0.05, 0) is 55.6 Å². The van der Waals surface area contributed by atoms with Gasteiger partial charge in [0.1, 0.15) is 0 Å². The zero-order chi connectivity index (χ0) is 20.9. The van der Waals surface area contributed by atoms with Crippen LogP contribution in [0.2, 0.25) is 0 Å². The summed E-state index contributed by atoms with van der Waals surface area (Å²) < 4.78 is 28.2. The monoisotopic (exact) mass is 423 g/mol. The average Bonchev–Trinajstić information content (AvgIpc) is 3.23. The fourth-order valence-electron chi connectivity index (χ4n) is 5.10. The molecule has 3 aliphatic rings. The van der Waals surface area contributed by atoms with Gasteiger partial charge in [0, 0.05) is 37.8 Å². The highest BCUT2D eigenvalue weighted by Crippen LogP contribution is 2.50. The lowest BCUT2D eigenvalue weighted by molar-refractivity contribution is 0.222. The van der Waals surface area contributed by atoms with Gasteiger partial charge in [-0.15, -0.1) is 0 Å². The van der Waals surface area contributed by atoms with Gasteiger partial charge in [0.2, 0.25) is 10.0 Å². The summed E-state index contributed by atoms with van der Waals surface area (Å²) in [5.74, 6) is 0.648. The van der Waals surface area contributed by atoms with Crippen LogP contribution in [0.3, 0.4) is 0 Å². The Labute approximate surface area is 179 Å². The van der Waals surface area contributed by atoms with Crippen molar-refractivity contribution in [1.29, 1.82) is 0 Å². The lowest BCUT2D eigenvalue weighted by atomic mass is 9.77. The summed E-state index contributed by atoms with van der Waals surface area (Å²) in [4.78, 5) is 2.59. The predicted octanol–water partition coefficient (Wildman–Crippen LogP) is 3.76. The molecule has 0 saturated carbocycles. The zero-order valence-electron chi connectivity index (χ0n) is 17.6. The summed E-state index contributed by atoms with van der Waals surface area (Å²) in [5.41, 5.74) is 4.71. The van der Waals surface area contributed by atoms with Crippen molar-refractivity contribution in [2.45, 2.75) is 30.2 Å². The maximum absolute atomic E-state index is 13.3. The molecular formula is C24H29N3O2S. The molecule has 2 heterocycles. The van der Waals surface area contributed by atoms with Crippen LogP contribution in [-0.4, -0.2) is 50.8 Å². The third kappa shape index (κ3) is 3.37. The first kappa shape index (κ1) is 19.8. The fourth-order valence-corrected chi connectivity index (χ4v) is 6.56. The molecule has 3 unspecified atom stereocenters. The fraction of sp³-hybridized carbons (Fsp3) is 0.417. The van der Waals surface area contributed by atoms with E-state index in [0.29, 0.717) is 23.9 Å². The van der Waals surface area contributed by atoms with Crippen molar-refractivity contribution >= 4 is 15.7 Å². The minimum Gasteiger partial charge on any atom is -0.378 e. The van der Waals surface area contributed by atoms with Crippen LogP contribution < -0.4 is 5.32 Å². The second kappa shape index (κ2) is 7.52. The number of hydrogen-bond donors (Lipinski definition) is 1. The van der Waals surface area contributed by atoms with Gasteiger partial charge in [-0.1, -0.05) is 42.0 Å². The molecule has 0 radical (unpaired) electrons. The van der Waals surface area contributed by atoms with Crippen LogP contribution in [0, 0.1) is 12.8 Å². The van der Waals surface area contributed by atoms with Crippen LogP contribution in [-0.2, 0) is 10.0 Å². The van der Waals surface area contributed by atoms with Crippen molar-refractivity contribution in [3.8, 4) is 0 Å². The molecule has 5 rings (SSSR count). The summed E-state index contributed by atoms with van der Waals surface area (Å²) in [6.07, 6.45) is 5.51. The van der Waals surface area contributed by atoms with Gasteiger partial charge in [-0.25, -0.2) is 8.42 Å². The van der Waals surface area contributed by atoms with E-state index in [0.717, 1.165) is 30.8 Å². The molecule has 1 fully saturated rings. The number of allylic oxidation sites excluding steroid dienone is 2. The molecule has 1 aliphatic carbocycles. The Hall–Kier alpha value is -2.15. The van der Waals surface area contributed by atoms with E-state index in [1.165, 1.54) is 11.1 Å². The van der Waals surface area contributed by atoms with E-state index in [-0.39, 0.29) is 12.0 Å². The molecular weight excluding hydrogens is 394 g/mol. The van der Waals surface area contributed by atoms with E-state index < -0.39 is 10.0 Å². The maximum atomic E-state index is 13.3. The Morgan fingerprint density at radius 1 is 1.03 bits per heavy atom. The van der Waals surface area contributed by atoms with E-state index in [1.54, 1.807) is 10.4 Å². The first-order valence-corrected chi connectivity index (χ1v) is 12.2. The highest BCUT2D eigenvalue weighted by atomic mass is 32.2. The largest absolute Gasteiger partial charge is 0.378 e. The molecule has 6 heteroatoms. The SMILES string of the molecule is Cc1cccc(C2Nc3ccc(S(=O)(=O)N4CCN(C)CC4)cc3C3C=CCC32)c1. The normalized spacial score (nSPS) is 26.8. The molecule has 30 heavy (non-hydrogen) atoms. The molecule has 0 bridgehead atoms. The van der Waals surface area contributed by atoms with Crippen LogP contribution in [0.1, 0.15) is 35.1 Å². The number of aryl methyl sites for hydroxylation is 1. The van der Waals surface area contributed by atoms with Crippen molar-refractivity contribution in [3.63, 3.8) is 0 Å². The Bertz CT molecular complexity index is 1090. The maximum Gasteiger partial charge on any atom is 0.243 e. The third-order valence-electron chi connectivity index (χ3n) is 6.84. The van der Waals surface area contributed by atoms with Gasteiger partial charge in [-0.2, -0.15) is 4.31 Å². The highest BCUT2D eigenvalue weighted by molar-refractivity contribution is 7.89. The van der Waals surface area contributed by atoms with Gasteiger partial charge >= 0.3 is 0 Å². The Morgan fingerprint density at radius 2 is 1.83 bits per heavy atom. The smallest absolute Gasteiger partial charge is 0.243 e. The van der Waals surface area contributed by atoms with E-state index in [9.17, 15) is 8.42 Å². The van der Waals surface area contributed by atoms with Crippen molar-refractivity contribution in [1.82, 2.24) is 9.21 Å². The average molecular weight is 424 g/mol. The first-order chi connectivity index (χ1) is 14.4. The Kier molecular flexibility index (Phi) is 4.96. The number of rotatable bonds is 3. The van der Waals surface area contributed by atoms with Gasteiger partial charge in [-0.3, -0.25) is 0 Å². The van der Waals surface area contributed by atoms with Gasteiger partial charge in [0.15, 0.2) is 0 Å². The Balaban J connectivity index is 1.49. The molecule has 1 saturated heterocycles. The molecule has 5 nitrogen and oxygen atoms in total. The minimum absolute atomic E-state index is 0.234. The second-order valence-corrected chi connectivity index (χ2v) is 10.8. The molecule has 0 amide bonds. The summed E-state index contributed by atoms with van der Waals surface area (Å²) in [6.45, 7) is 4.78. The first-order valence-electron chi connectivity index (χ1n) is 10.8. The summed E-state index contributed by atoms with van der Waals surface area (Å²) in [6, 6.07) is 14.6. The van der Waals surface area contributed by atoms with E-state index in [4.69, 9.17) is 0 Å². The summed E-state index contributed by atoms with van der Waals surface area (Å²) in [5, 5.41) is 3.72. The molecule has 0 aromatic heterocycles. The van der Waals surface area contributed by atoms with Gasteiger partial charge < -0.3 is 10.2 Å². The number of nitrogens with zero attached hydrogens (tertiary/aromatic N) is 2.